The Bertz CT molecular complexity index is 843. The zero-order valence-electron chi connectivity index (χ0n) is 14.2. The molecule has 0 saturated carbocycles. The van der Waals surface area contributed by atoms with Gasteiger partial charge in [-0.15, -0.1) is 0 Å². The van der Waals surface area contributed by atoms with E-state index in [-0.39, 0.29) is 0 Å². The Hall–Kier alpha value is -2.96. The lowest BCUT2D eigenvalue weighted by Gasteiger charge is -2.15. The van der Waals surface area contributed by atoms with Crippen LogP contribution in [0.25, 0.3) is 11.5 Å². The summed E-state index contributed by atoms with van der Waals surface area (Å²) in [5, 5.41) is 7.15. The van der Waals surface area contributed by atoms with Crippen LogP contribution in [0.4, 0.5) is 17.5 Å². The number of anilines is 3. The fourth-order valence-electron chi connectivity index (χ4n) is 2.32. The molecule has 1 aromatic carbocycles. The van der Waals surface area contributed by atoms with Crippen molar-refractivity contribution in [1.82, 2.24) is 20.1 Å². The number of benzene rings is 1. The van der Waals surface area contributed by atoms with Gasteiger partial charge in [-0.05, 0) is 25.1 Å². The monoisotopic (exact) mass is 324 g/mol. The first-order valence-corrected chi connectivity index (χ1v) is 7.78. The molecule has 0 aliphatic carbocycles. The number of hydrogen-bond donors (Lipinski definition) is 1. The normalized spacial score (nSPS) is 10.7. The molecule has 0 amide bonds. The number of hydrogen-bond acceptors (Lipinski definition) is 7. The molecule has 0 spiro atoms. The number of nitrogens with one attached hydrogen (secondary N) is 1. The van der Waals surface area contributed by atoms with Gasteiger partial charge in [0.05, 0.1) is 0 Å². The first-order valence-electron chi connectivity index (χ1n) is 7.78. The van der Waals surface area contributed by atoms with Crippen molar-refractivity contribution in [3.63, 3.8) is 0 Å². The molecule has 7 heteroatoms. The molecule has 0 atom stereocenters. The predicted molar refractivity (Wildman–Crippen MR) is 93.5 cm³/mol. The third kappa shape index (κ3) is 3.34. The van der Waals surface area contributed by atoms with Gasteiger partial charge in [0, 0.05) is 43.5 Å². The molecule has 24 heavy (non-hydrogen) atoms. The molecule has 124 valence electrons. The van der Waals surface area contributed by atoms with Gasteiger partial charge < -0.3 is 14.7 Å². The van der Waals surface area contributed by atoms with Crippen molar-refractivity contribution >= 4 is 17.5 Å². The fraction of sp³-hybridized carbons (Fsp3) is 0.294. The molecule has 0 radical (unpaired) electrons. The van der Waals surface area contributed by atoms with Crippen molar-refractivity contribution < 1.29 is 4.52 Å². The summed E-state index contributed by atoms with van der Waals surface area (Å²) in [4.78, 5) is 15.2. The summed E-state index contributed by atoms with van der Waals surface area (Å²) in [6.45, 7) is 3.98. The summed E-state index contributed by atoms with van der Waals surface area (Å²) in [5.74, 6) is 2.63. The molecule has 0 fully saturated rings. The Balaban J connectivity index is 1.86. The van der Waals surface area contributed by atoms with Gasteiger partial charge in [0.15, 0.2) is 5.82 Å². The third-order valence-corrected chi connectivity index (χ3v) is 3.52. The number of aryl methyl sites for hydroxylation is 2. The van der Waals surface area contributed by atoms with Crippen LogP contribution in [0.15, 0.2) is 35.0 Å². The second kappa shape index (κ2) is 6.66. The van der Waals surface area contributed by atoms with Crippen molar-refractivity contribution in [2.45, 2.75) is 20.3 Å². The van der Waals surface area contributed by atoms with Crippen LogP contribution >= 0.6 is 0 Å². The molecule has 0 bridgehead atoms. The number of nitrogens with zero attached hydrogens (tertiary/aromatic N) is 5. The highest BCUT2D eigenvalue weighted by molar-refractivity contribution is 5.64. The van der Waals surface area contributed by atoms with Crippen molar-refractivity contribution in [2.75, 3.05) is 24.3 Å². The second-order valence-corrected chi connectivity index (χ2v) is 5.67. The van der Waals surface area contributed by atoms with Gasteiger partial charge >= 0.3 is 0 Å². The minimum absolute atomic E-state index is 0.509. The smallest absolute Gasteiger partial charge is 0.257 e. The van der Waals surface area contributed by atoms with Crippen LogP contribution < -0.4 is 10.2 Å². The van der Waals surface area contributed by atoms with E-state index in [0.29, 0.717) is 17.7 Å². The van der Waals surface area contributed by atoms with Crippen molar-refractivity contribution in [3.8, 4) is 11.5 Å². The average Bonchev–Trinajstić information content (AvgIpc) is 3.06. The summed E-state index contributed by atoms with van der Waals surface area (Å²) in [7, 11) is 3.92. The van der Waals surface area contributed by atoms with Gasteiger partial charge in [0.1, 0.15) is 5.82 Å². The number of aromatic nitrogens is 4. The lowest BCUT2D eigenvalue weighted by Crippen LogP contribution is -2.13. The summed E-state index contributed by atoms with van der Waals surface area (Å²) in [5.41, 5.74) is 2.74. The maximum Gasteiger partial charge on any atom is 0.257 e. The molecule has 0 aliphatic rings. The minimum atomic E-state index is 0.509. The quantitative estimate of drug-likeness (QED) is 0.772. The Labute approximate surface area is 140 Å². The van der Waals surface area contributed by atoms with Crippen LogP contribution in [-0.2, 0) is 6.42 Å². The van der Waals surface area contributed by atoms with Crippen molar-refractivity contribution in [1.29, 1.82) is 0 Å². The van der Waals surface area contributed by atoms with Gasteiger partial charge in [-0.2, -0.15) is 9.97 Å². The molecule has 1 N–H and O–H groups in total. The van der Waals surface area contributed by atoms with E-state index in [1.807, 2.05) is 57.1 Å². The first kappa shape index (κ1) is 15.9. The lowest BCUT2D eigenvalue weighted by atomic mass is 10.2. The van der Waals surface area contributed by atoms with Gasteiger partial charge in [-0.25, -0.2) is 4.98 Å². The fourth-order valence-corrected chi connectivity index (χ4v) is 2.32. The van der Waals surface area contributed by atoms with E-state index >= 15 is 0 Å². The Kier molecular flexibility index (Phi) is 4.41. The Morgan fingerprint density at radius 2 is 2.04 bits per heavy atom. The van der Waals surface area contributed by atoms with Crippen LogP contribution in [0.1, 0.15) is 18.3 Å². The van der Waals surface area contributed by atoms with Gasteiger partial charge in [-0.3, -0.25) is 0 Å². The summed E-state index contributed by atoms with van der Waals surface area (Å²) in [6, 6.07) is 7.73. The molecule has 2 heterocycles. The molecule has 2 aromatic heterocycles. The SMILES string of the molecule is CCc1noc(-c2cccc(Nc3ncc(C)c(N(C)C)n3)c2)n1. The standard InChI is InChI=1S/C17H20N6O/c1-5-14-20-16(24-22-14)12-7-6-8-13(9-12)19-17-18-10-11(2)15(21-17)23(3)4/h6-10H,5H2,1-4H3,(H,18,19,21). The van der Waals surface area contributed by atoms with E-state index in [0.717, 1.165) is 29.1 Å². The zero-order valence-corrected chi connectivity index (χ0v) is 14.2. The van der Waals surface area contributed by atoms with E-state index in [1.165, 1.54) is 0 Å². The van der Waals surface area contributed by atoms with E-state index in [2.05, 4.69) is 25.4 Å². The molecule has 3 aromatic rings. The topological polar surface area (TPSA) is 80.0 Å². The second-order valence-electron chi connectivity index (χ2n) is 5.67. The molecule has 0 aliphatic heterocycles. The molecule has 0 unspecified atom stereocenters. The molecular weight excluding hydrogens is 304 g/mol. The minimum Gasteiger partial charge on any atom is -0.362 e. The summed E-state index contributed by atoms with van der Waals surface area (Å²) >= 11 is 0. The summed E-state index contributed by atoms with van der Waals surface area (Å²) < 4.78 is 5.29. The van der Waals surface area contributed by atoms with Crippen LogP contribution in [0.2, 0.25) is 0 Å². The van der Waals surface area contributed by atoms with Crippen LogP contribution in [0.5, 0.6) is 0 Å². The van der Waals surface area contributed by atoms with E-state index in [1.54, 1.807) is 6.20 Å². The van der Waals surface area contributed by atoms with E-state index < -0.39 is 0 Å². The van der Waals surface area contributed by atoms with Crippen LogP contribution in [0.3, 0.4) is 0 Å². The molecule has 0 saturated heterocycles. The maximum atomic E-state index is 5.29. The average molecular weight is 324 g/mol. The molecular formula is C17H20N6O. The molecule has 7 nitrogen and oxygen atoms in total. The van der Waals surface area contributed by atoms with Crippen molar-refractivity contribution in [2.24, 2.45) is 0 Å². The number of rotatable bonds is 5. The van der Waals surface area contributed by atoms with Crippen molar-refractivity contribution in [3.05, 3.63) is 41.9 Å². The van der Waals surface area contributed by atoms with Crippen LogP contribution in [-0.4, -0.2) is 34.2 Å². The Morgan fingerprint density at radius 1 is 1.21 bits per heavy atom. The van der Waals surface area contributed by atoms with Crippen LogP contribution in [0, 0.1) is 6.92 Å². The van der Waals surface area contributed by atoms with Gasteiger partial charge in [-0.1, -0.05) is 18.1 Å². The van der Waals surface area contributed by atoms with Gasteiger partial charge in [0.25, 0.3) is 5.89 Å². The third-order valence-electron chi connectivity index (χ3n) is 3.52. The highest BCUT2D eigenvalue weighted by Gasteiger charge is 2.10. The van der Waals surface area contributed by atoms with E-state index in [4.69, 9.17) is 4.52 Å². The largest absolute Gasteiger partial charge is 0.362 e. The summed E-state index contributed by atoms with van der Waals surface area (Å²) in [6.07, 6.45) is 2.55. The maximum absolute atomic E-state index is 5.29. The zero-order chi connectivity index (χ0) is 17.1. The molecule has 3 rings (SSSR count). The highest BCUT2D eigenvalue weighted by Crippen LogP contribution is 2.23. The predicted octanol–water partition coefficient (Wildman–Crippen LogP) is 3.21. The lowest BCUT2D eigenvalue weighted by molar-refractivity contribution is 0.423. The first-order chi connectivity index (χ1) is 11.6. The highest BCUT2D eigenvalue weighted by atomic mass is 16.5. The van der Waals surface area contributed by atoms with Gasteiger partial charge in [0.2, 0.25) is 5.95 Å². The Morgan fingerprint density at radius 3 is 2.75 bits per heavy atom. The van der Waals surface area contributed by atoms with E-state index in [9.17, 15) is 0 Å².